The maximum Gasteiger partial charge on any atom is 0.251 e. The van der Waals surface area contributed by atoms with Crippen molar-refractivity contribution in [2.75, 3.05) is 11.4 Å². The Morgan fingerprint density at radius 1 is 0.972 bits per heavy atom. The van der Waals surface area contributed by atoms with Crippen molar-refractivity contribution in [1.82, 2.24) is 10.3 Å². The lowest BCUT2D eigenvalue weighted by Gasteiger charge is -2.32. The molecular weight excluding hydrogens is 450 g/mol. The van der Waals surface area contributed by atoms with E-state index in [0.29, 0.717) is 17.7 Å². The summed E-state index contributed by atoms with van der Waals surface area (Å²) < 4.78 is 0. The SMILES string of the molecule is O=C(NCc1ccccn1)c1ccc2c(c1)CCCN2Cc1ccc(-c2ccccc2C(O)O)cc1. The second-order valence-electron chi connectivity index (χ2n) is 9.03. The second kappa shape index (κ2) is 10.7. The van der Waals surface area contributed by atoms with E-state index >= 15 is 0 Å². The van der Waals surface area contributed by atoms with Gasteiger partial charge in [0.05, 0.1) is 12.2 Å². The molecular formula is C30H29N3O3. The van der Waals surface area contributed by atoms with Crippen LogP contribution in [0.2, 0.25) is 0 Å². The highest BCUT2D eigenvalue weighted by Crippen LogP contribution is 2.31. The molecule has 182 valence electrons. The summed E-state index contributed by atoms with van der Waals surface area (Å²) in [4.78, 5) is 19.3. The van der Waals surface area contributed by atoms with Crippen LogP contribution < -0.4 is 10.2 Å². The van der Waals surface area contributed by atoms with Crippen LogP contribution in [0.5, 0.6) is 0 Å². The van der Waals surface area contributed by atoms with E-state index in [-0.39, 0.29) is 5.91 Å². The number of aliphatic hydroxyl groups excluding tert-OH is 1. The van der Waals surface area contributed by atoms with Gasteiger partial charge in [-0.2, -0.15) is 0 Å². The molecule has 36 heavy (non-hydrogen) atoms. The summed E-state index contributed by atoms with van der Waals surface area (Å²) in [5, 5.41) is 22.3. The zero-order valence-electron chi connectivity index (χ0n) is 20.0. The molecule has 4 aromatic rings. The fourth-order valence-electron chi connectivity index (χ4n) is 4.75. The van der Waals surface area contributed by atoms with Gasteiger partial charge in [0.25, 0.3) is 5.91 Å². The third-order valence-electron chi connectivity index (χ3n) is 6.59. The van der Waals surface area contributed by atoms with Gasteiger partial charge < -0.3 is 20.4 Å². The maximum atomic E-state index is 12.7. The number of aromatic nitrogens is 1. The van der Waals surface area contributed by atoms with Crippen molar-refractivity contribution >= 4 is 11.6 Å². The highest BCUT2D eigenvalue weighted by Gasteiger charge is 2.19. The summed E-state index contributed by atoms with van der Waals surface area (Å²) in [7, 11) is 0. The molecule has 0 unspecified atom stereocenters. The number of nitrogens with zero attached hydrogens (tertiary/aromatic N) is 2. The third kappa shape index (κ3) is 5.30. The van der Waals surface area contributed by atoms with Crippen LogP contribution in [0.4, 0.5) is 5.69 Å². The average Bonchev–Trinajstić information content (AvgIpc) is 2.92. The van der Waals surface area contributed by atoms with Crippen molar-refractivity contribution < 1.29 is 15.0 Å². The Balaban J connectivity index is 1.28. The molecule has 0 saturated carbocycles. The maximum absolute atomic E-state index is 12.7. The Morgan fingerprint density at radius 2 is 1.78 bits per heavy atom. The van der Waals surface area contributed by atoms with Gasteiger partial charge >= 0.3 is 0 Å². The number of nitrogens with one attached hydrogen (secondary N) is 1. The molecule has 5 rings (SSSR count). The van der Waals surface area contributed by atoms with E-state index in [1.807, 2.05) is 54.6 Å². The summed E-state index contributed by atoms with van der Waals surface area (Å²) in [6, 6.07) is 27.2. The van der Waals surface area contributed by atoms with Crippen LogP contribution in [0.25, 0.3) is 11.1 Å². The van der Waals surface area contributed by atoms with E-state index in [9.17, 15) is 15.0 Å². The Morgan fingerprint density at radius 3 is 2.56 bits per heavy atom. The zero-order chi connectivity index (χ0) is 24.9. The number of amides is 1. The molecule has 0 radical (unpaired) electrons. The average molecular weight is 480 g/mol. The van der Waals surface area contributed by atoms with E-state index < -0.39 is 6.29 Å². The first-order valence-corrected chi connectivity index (χ1v) is 12.2. The Kier molecular flexibility index (Phi) is 7.07. The molecule has 1 aliphatic heterocycles. The van der Waals surface area contributed by atoms with Gasteiger partial charge in [0.15, 0.2) is 6.29 Å². The lowest BCUT2D eigenvalue weighted by molar-refractivity contribution is -0.0420. The van der Waals surface area contributed by atoms with Crippen molar-refractivity contribution in [3.05, 3.63) is 119 Å². The van der Waals surface area contributed by atoms with Crippen LogP contribution in [-0.4, -0.2) is 27.6 Å². The van der Waals surface area contributed by atoms with Gasteiger partial charge in [-0.05, 0) is 65.4 Å². The number of benzene rings is 3. The van der Waals surface area contributed by atoms with Crippen molar-refractivity contribution in [2.45, 2.75) is 32.2 Å². The number of carbonyl (C=O) groups excluding carboxylic acids is 1. The summed E-state index contributed by atoms with van der Waals surface area (Å²) in [6.45, 7) is 2.13. The second-order valence-corrected chi connectivity index (χ2v) is 9.03. The quantitative estimate of drug-likeness (QED) is 0.337. The standard InChI is InChI=1S/C30H29N3O3/c34-29(32-19-25-7-3-4-16-31-25)24-14-15-28-23(18-24)6-5-17-33(28)20-21-10-12-22(13-11-21)26-8-1-2-9-27(26)30(35)36/h1-4,7-16,18,30,35-36H,5-6,17,19-20H2,(H,32,34). The molecule has 0 fully saturated rings. The van der Waals surface area contributed by atoms with Crippen LogP contribution in [0.1, 0.15) is 45.5 Å². The Bertz CT molecular complexity index is 1340. The smallest absolute Gasteiger partial charge is 0.251 e. The van der Waals surface area contributed by atoms with Gasteiger partial charge in [-0.15, -0.1) is 0 Å². The number of pyridine rings is 1. The van der Waals surface area contributed by atoms with Crippen LogP contribution >= 0.6 is 0 Å². The number of hydrogen-bond acceptors (Lipinski definition) is 5. The fourth-order valence-corrected chi connectivity index (χ4v) is 4.75. The van der Waals surface area contributed by atoms with Crippen LogP contribution in [0, 0.1) is 0 Å². The zero-order valence-corrected chi connectivity index (χ0v) is 20.0. The molecule has 1 aromatic heterocycles. The summed E-state index contributed by atoms with van der Waals surface area (Å²) >= 11 is 0. The molecule has 1 aliphatic rings. The number of rotatable bonds is 7. The molecule has 0 bridgehead atoms. The van der Waals surface area contributed by atoms with Gasteiger partial charge in [0, 0.05) is 36.1 Å². The van der Waals surface area contributed by atoms with Crippen molar-refractivity contribution in [1.29, 1.82) is 0 Å². The van der Waals surface area contributed by atoms with Crippen molar-refractivity contribution in [3.8, 4) is 11.1 Å². The molecule has 3 N–H and O–H groups in total. The van der Waals surface area contributed by atoms with Gasteiger partial charge in [-0.1, -0.05) is 54.6 Å². The van der Waals surface area contributed by atoms with E-state index in [2.05, 4.69) is 33.4 Å². The normalized spacial score (nSPS) is 12.9. The molecule has 0 aliphatic carbocycles. The number of carbonyl (C=O) groups is 1. The molecule has 0 atom stereocenters. The number of fused-ring (bicyclic) bond motifs is 1. The molecule has 3 aromatic carbocycles. The Hall–Kier alpha value is -4.00. The van der Waals surface area contributed by atoms with Crippen LogP contribution in [-0.2, 0) is 19.5 Å². The first-order valence-electron chi connectivity index (χ1n) is 12.2. The van der Waals surface area contributed by atoms with Gasteiger partial charge in [-0.25, -0.2) is 0 Å². The third-order valence-corrected chi connectivity index (χ3v) is 6.59. The van der Waals surface area contributed by atoms with E-state index in [1.54, 1.807) is 18.3 Å². The fraction of sp³-hybridized carbons (Fsp3) is 0.200. The molecule has 0 saturated heterocycles. The summed E-state index contributed by atoms with van der Waals surface area (Å²) in [5.41, 5.74) is 7.28. The van der Waals surface area contributed by atoms with Gasteiger partial charge in [-0.3, -0.25) is 9.78 Å². The lowest BCUT2D eigenvalue weighted by Crippen LogP contribution is -2.29. The first-order chi connectivity index (χ1) is 17.6. The minimum Gasteiger partial charge on any atom is -0.367 e. The predicted octanol–water partition coefficient (Wildman–Crippen LogP) is 4.61. The minimum absolute atomic E-state index is 0.0931. The number of aliphatic hydroxyl groups is 2. The summed E-state index contributed by atoms with van der Waals surface area (Å²) in [6.07, 6.45) is 2.20. The monoisotopic (exact) mass is 479 g/mol. The van der Waals surface area contributed by atoms with Gasteiger partial charge in [0.2, 0.25) is 0 Å². The topological polar surface area (TPSA) is 85.7 Å². The lowest BCUT2D eigenvalue weighted by atomic mass is 9.97. The van der Waals surface area contributed by atoms with Crippen LogP contribution in [0.3, 0.4) is 0 Å². The Labute approximate surface area is 210 Å². The minimum atomic E-state index is -1.51. The highest BCUT2D eigenvalue weighted by molar-refractivity contribution is 5.95. The van der Waals surface area contributed by atoms with Gasteiger partial charge in [0.1, 0.15) is 0 Å². The number of anilines is 1. The largest absolute Gasteiger partial charge is 0.367 e. The molecule has 0 spiro atoms. The van der Waals surface area contributed by atoms with Crippen LogP contribution in [0.15, 0.2) is 91.1 Å². The van der Waals surface area contributed by atoms with Crippen molar-refractivity contribution in [3.63, 3.8) is 0 Å². The molecule has 6 heteroatoms. The molecule has 2 heterocycles. The summed E-state index contributed by atoms with van der Waals surface area (Å²) in [5.74, 6) is -0.0931. The number of hydrogen-bond donors (Lipinski definition) is 3. The van der Waals surface area contributed by atoms with Crippen molar-refractivity contribution in [2.24, 2.45) is 0 Å². The molecule has 6 nitrogen and oxygen atoms in total. The first kappa shape index (κ1) is 23.7. The predicted molar refractivity (Wildman–Crippen MR) is 140 cm³/mol. The highest BCUT2D eigenvalue weighted by atomic mass is 16.5. The molecule has 1 amide bonds. The number of aryl methyl sites for hydroxylation is 1. The van der Waals surface area contributed by atoms with E-state index in [4.69, 9.17) is 0 Å². The van der Waals surface area contributed by atoms with E-state index in [0.717, 1.165) is 42.8 Å². The van der Waals surface area contributed by atoms with E-state index in [1.165, 1.54) is 16.8 Å².